The number of carbonyl (C=O) groups excluding carboxylic acids is 3. The van der Waals surface area contributed by atoms with Crippen LogP contribution in [0, 0.1) is 0 Å². The van der Waals surface area contributed by atoms with Crippen molar-refractivity contribution in [3.8, 4) is 11.5 Å². The van der Waals surface area contributed by atoms with E-state index in [1.165, 1.54) is 18.9 Å². The molecule has 2 fully saturated rings. The molecule has 2 heterocycles. The van der Waals surface area contributed by atoms with Gasteiger partial charge in [0, 0.05) is 19.6 Å². The predicted octanol–water partition coefficient (Wildman–Crippen LogP) is 3.73. The van der Waals surface area contributed by atoms with Crippen molar-refractivity contribution in [2.45, 2.75) is 13.8 Å². The highest BCUT2D eigenvalue weighted by Crippen LogP contribution is 2.36. The van der Waals surface area contributed by atoms with Crippen molar-refractivity contribution in [3.05, 3.63) is 58.5 Å². The van der Waals surface area contributed by atoms with E-state index in [1.807, 2.05) is 19.9 Å². The van der Waals surface area contributed by atoms with Gasteiger partial charge >= 0.3 is 5.97 Å². The van der Waals surface area contributed by atoms with Crippen LogP contribution < -0.4 is 9.47 Å². The van der Waals surface area contributed by atoms with Crippen LogP contribution in [0.4, 0.5) is 5.69 Å². The number of thioether (sulfide) groups is 1. The number of rotatable bonds is 9. The molecule has 0 atom stereocenters. The Bertz CT molecular complexity index is 1290. The zero-order valence-corrected chi connectivity index (χ0v) is 23.0. The number of amidine groups is 1. The van der Waals surface area contributed by atoms with E-state index in [0.717, 1.165) is 5.56 Å². The van der Waals surface area contributed by atoms with Crippen LogP contribution in [-0.2, 0) is 19.1 Å². The molecule has 11 heteroatoms. The van der Waals surface area contributed by atoms with E-state index < -0.39 is 5.97 Å². The van der Waals surface area contributed by atoms with Gasteiger partial charge in [-0.3, -0.25) is 14.5 Å². The molecule has 0 bridgehead atoms. The van der Waals surface area contributed by atoms with Gasteiger partial charge in [-0.2, -0.15) is 0 Å². The molecule has 10 nitrogen and oxygen atoms in total. The normalized spacial score (nSPS) is 17.6. The van der Waals surface area contributed by atoms with E-state index in [2.05, 4.69) is 4.99 Å². The summed E-state index contributed by atoms with van der Waals surface area (Å²) in [6.07, 6.45) is 1.77. The third-order valence-corrected chi connectivity index (χ3v) is 6.98. The number of amides is 2. The van der Waals surface area contributed by atoms with Crippen molar-refractivity contribution in [1.82, 2.24) is 9.80 Å². The first-order chi connectivity index (χ1) is 18.9. The molecule has 2 aromatic rings. The van der Waals surface area contributed by atoms with Crippen molar-refractivity contribution in [1.29, 1.82) is 0 Å². The average molecular weight is 554 g/mol. The van der Waals surface area contributed by atoms with Crippen molar-refractivity contribution in [2.24, 2.45) is 4.99 Å². The average Bonchev–Trinajstić information content (AvgIpc) is 3.25. The summed E-state index contributed by atoms with van der Waals surface area (Å²) in [5, 5.41) is 0.516. The lowest BCUT2D eigenvalue weighted by atomic mass is 10.2. The number of carbonyl (C=O) groups is 3. The second-order valence-electron chi connectivity index (χ2n) is 8.52. The first-order valence-corrected chi connectivity index (χ1v) is 13.5. The van der Waals surface area contributed by atoms with Crippen LogP contribution in [0.25, 0.3) is 6.08 Å². The highest BCUT2D eigenvalue weighted by Gasteiger charge is 2.32. The smallest absolute Gasteiger partial charge is 0.337 e. The number of hydrogen-bond donors (Lipinski definition) is 0. The Morgan fingerprint density at radius 3 is 2.59 bits per heavy atom. The molecule has 0 saturated carbocycles. The minimum absolute atomic E-state index is 0.0999. The van der Waals surface area contributed by atoms with E-state index in [-0.39, 0.29) is 18.4 Å². The monoisotopic (exact) mass is 553 g/mol. The van der Waals surface area contributed by atoms with Gasteiger partial charge in [-0.15, -0.1) is 0 Å². The molecular weight excluding hydrogens is 522 g/mol. The Labute approximate surface area is 231 Å². The molecule has 0 unspecified atom stereocenters. The Hall–Kier alpha value is -3.83. The van der Waals surface area contributed by atoms with Gasteiger partial charge in [-0.1, -0.05) is 12.1 Å². The van der Waals surface area contributed by atoms with E-state index in [4.69, 9.17) is 18.9 Å². The summed E-state index contributed by atoms with van der Waals surface area (Å²) in [5.74, 6) is 0.207. The maximum Gasteiger partial charge on any atom is 0.337 e. The molecule has 4 rings (SSSR count). The number of benzene rings is 2. The van der Waals surface area contributed by atoms with Crippen molar-refractivity contribution >= 4 is 46.5 Å². The van der Waals surface area contributed by atoms with Gasteiger partial charge < -0.3 is 23.8 Å². The van der Waals surface area contributed by atoms with Gasteiger partial charge in [-0.05, 0) is 67.6 Å². The minimum Gasteiger partial charge on any atom is -0.490 e. The fourth-order valence-corrected chi connectivity index (χ4v) is 5.06. The van der Waals surface area contributed by atoms with Gasteiger partial charge in [0.2, 0.25) is 0 Å². The molecular formula is C28H31N3O7S. The van der Waals surface area contributed by atoms with Crippen molar-refractivity contribution < 1.29 is 33.3 Å². The number of esters is 1. The Kier molecular flexibility index (Phi) is 9.61. The van der Waals surface area contributed by atoms with E-state index in [9.17, 15) is 14.4 Å². The largest absolute Gasteiger partial charge is 0.490 e. The zero-order valence-electron chi connectivity index (χ0n) is 22.2. The van der Waals surface area contributed by atoms with Gasteiger partial charge in [0.25, 0.3) is 11.8 Å². The number of ether oxygens (including phenoxy) is 4. The van der Waals surface area contributed by atoms with E-state index >= 15 is 0 Å². The van der Waals surface area contributed by atoms with Crippen LogP contribution in [0.5, 0.6) is 11.5 Å². The van der Waals surface area contributed by atoms with Crippen LogP contribution in [0.1, 0.15) is 29.8 Å². The Morgan fingerprint density at radius 1 is 1.08 bits per heavy atom. The quantitative estimate of drug-likeness (QED) is 0.342. The highest BCUT2D eigenvalue weighted by atomic mass is 32.2. The number of morpholine rings is 1. The fraction of sp³-hybridized carbons (Fsp3) is 0.357. The zero-order chi connectivity index (χ0) is 27.8. The molecule has 0 radical (unpaired) electrons. The third kappa shape index (κ3) is 6.98. The number of aliphatic imine (C=N–C) groups is 1. The van der Waals surface area contributed by atoms with Gasteiger partial charge in [0.1, 0.15) is 0 Å². The summed E-state index contributed by atoms with van der Waals surface area (Å²) in [4.78, 5) is 45.9. The number of nitrogens with zero attached hydrogens (tertiary/aromatic N) is 3. The van der Waals surface area contributed by atoms with Gasteiger partial charge in [0.15, 0.2) is 23.3 Å². The van der Waals surface area contributed by atoms with Crippen LogP contribution >= 0.6 is 11.8 Å². The second-order valence-corrected chi connectivity index (χ2v) is 9.53. The van der Waals surface area contributed by atoms with Crippen LogP contribution in [-0.4, -0.2) is 85.9 Å². The lowest BCUT2D eigenvalue weighted by Gasteiger charge is -2.26. The molecule has 2 aliphatic rings. The first-order valence-electron chi connectivity index (χ1n) is 12.7. The summed E-state index contributed by atoms with van der Waals surface area (Å²) in [5.41, 5.74) is 1.66. The summed E-state index contributed by atoms with van der Waals surface area (Å²) in [7, 11) is 1.32. The number of likely N-dealkylation sites (N-methyl/N-ethyl adjacent to an activating group) is 1. The fourth-order valence-electron chi connectivity index (χ4n) is 4.00. The van der Waals surface area contributed by atoms with Crippen LogP contribution in [0.3, 0.4) is 0 Å². The molecule has 2 aromatic carbocycles. The minimum atomic E-state index is -0.455. The third-order valence-electron chi connectivity index (χ3n) is 5.98. The van der Waals surface area contributed by atoms with Gasteiger partial charge in [0.05, 0.1) is 43.1 Å². The maximum atomic E-state index is 13.1. The molecule has 0 aliphatic carbocycles. The lowest BCUT2D eigenvalue weighted by molar-refractivity contribution is -0.137. The summed E-state index contributed by atoms with van der Waals surface area (Å²) in [6.45, 7) is 6.64. The van der Waals surface area contributed by atoms with E-state index in [0.29, 0.717) is 72.3 Å². The van der Waals surface area contributed by atoms with E-state index in [1.54, 1.807) is 52.3 Å². The Balaban J connectivity index is 1.52. The molecule has 0 aromatic heterocycles. The predicted molar refractivity (Wildman–Crippen MR) is 148 cm³/mol. The van der Waals surface area contributed by atoms with Crippen molar-refractivity contribution in [2.75, 3.05) is 53.2 Å². The summed E-state index contributed by atoms with van der Waals surface area (Å²) >= 11 is 1.25. The van der Waals surface area contributed by atoms with Gasteiger partial charge in [-0.25, -0.2) is 9.79 Å². The topological polar surface area (TPSA) is 107 Å². The molecule has 2 amide bonds. The summed E-state index contributed by atoms with van der Waals surface area (Å²) < 4.78 is 21.6. The molecule has 0 spiro atoms. The van der Waals surface area contributed by atoms with Crippen LogP contribution in [0.2, 0.25) is 0 Å². The molecule has 2 aliphatic heterocycles. The standard InChI is InChI=1S/C28H31N3O7S/c1-4-31-26(33)24(39-28(31)29-21-8-6-7-20(17-21)27(34)35-3)16-19-9-10-22(23(15-19)37-5-2)38-18-25(32)30-11-13-36-14-12-30/h6-10,15-17H,4-5,11-14,18H2,1-3H3. The van der Waals surface area contributed by atoms with Crippen molar-refractivity contribution in [3.63, 3.8) is 0 Å². The SMILES string of the molecule is CCOc1cc(C=C2SC(=Nc3cccc(C(=O)OC)c3)N(CC)C2=O)ccc1OCC(=O)N1CCOCC1. The molecule has 39 heavy (non-hydrogen) atoms. The highest BCUT2D eigenvalue weighted by molar-refractivity contribution is 8.18. The van der Waals surface area contributed by atoms with Crippen LogP contribution in [0.15, 0.2) is 52.4 Å². The molecule has 206 valence electrons. The lowest BCUT2D eigenvalue weighted by Crippen LogP contribution is -2.43. The number of methoxy groups -OCH3 is 1. The first kappa shape index (κ1) is 28.2. The molecule has 2 saturated heterocycles. The number of hydrogen-bond acceptors (Lipinski definition) is 9. The maximum absolute atomic E-state index is 13.1. The Morgan fingerprint density at radius 2 is 1.87 bits per heavy atom. The summed E-state index contributed by atoms with van der Waals surface area (Å²) in [6, 6.07) is 12.1. The molecule has 0 N–H and O–H groups in total. The second kappa shape index (κ2) is 13.3.